The molecule has 2 atom stereocenters. The molecule has 1 aromatic rings. The second kappa shape index (κ2) is 7.85. The Morgan fingerprint density at radius 1 is 1.55 bits per heavy atom. The van der Waals surface area contributed by atoms with Crippen molar-refractivity contribution < 1.29 is 9.21 Å². The molecule has 0 bridgehead atoms. The molecular formula is C16H24N4O2. The van der Waals surface area contributed by atoms with Gasteiger partial charge in [-0.1, -0.05) is 0 Å². The van der Waals surface area contributed by atoms with Gasteiger partial charge in [0.15, 0.2) is 0 Å². The molecule has 1 aliphatic rings. The summed E-state index contributed by atoms with van der Waals surface area (Å²) in [5.74, 6) is 0.713. The summed E-state index contributed by atoms with van der Waals surface area (Å²) in [5, 5.41) is 11.8. The largest absolute Gasteiger partial charge is 0.468 e. The lowest BCUT2D eigenvalue weighted by Gasteiger charge is -2.27. The van der Waals surface area contributed by atoms with Crippen molar-refractivity contribution in [3.63, 3.8) is 0 Å². The average molecular weight is 304 g/mol. The van der Waals surface area contributed by atoms with Crippen LogP contribution in [0.5, 0.6) is 0 Å². The van der Waals surface area contributed by atoms with Crippen molar-refractivity contribution in [1.82, 2.24) is 15.1 Å². The van der Waals surface area contributed by atoms with Crippen molar-refractivity contribution in [2.24, 2.45) is 5.92 Å². The third-order valence-electron chi connectivity index (χ3n) is 4.01. The lowest BCUT2D eigenvalue weighted by molar-refractivity contribution is 0.186. The molecule has 6 heteroatoms. The maximum Gasteiger partial charge on any atom is 0.317 e. The number of rotatable bonds is 6. The highest BCUT2D eigenvalue weighted by Crippen LogP contribution is 2.24. The lowest BCUT2D eigenvalue weighted by Crippen LogP contribution is -2.43. The molecule has 1 fully saturated rings. The Labute approximate surface area is 131 Å². The number of likely N-dealkylation sites (tertiary alicyclic amines) is 1. The van der Waals surface area contributed by atoms with Crippen molar-refractivity contribution in [2.45, 2.75) is 25.8 Å². The van der Waals surface area contributed by atoms with E-state index in [1.54, 1.807) is 25.1 Å². The summed E-state index contributed by atoms with van der Waals surface area (Å²) in [6.07, 6.45) is 4.04. The fraction of sp³-hybridized carbons (Fsp3) is 0.625. The molecule has 0 spiro atoms. The number of hydrogen-bond acceptors (Lipinski definition) is 4. The fourth-order valence-electron chi connectivity index (χ4n) is 2.80. The van der Waals surface area contributed by atoms with Crippen molar-refractivity contribution in [1.29, 1.82) is 5.26 Å². The van der Waals surface area contributed by atoms with E-state index in [0.717, 1.165) is 18.8 Å². The van der Waals surface area contributed by atoms with E-state index >= 15 is 0 Å². The van der Waals surface area contributed by atoms with Gasteiger partial charge in [-0.2, -0.15) is 5.26 Å². The van der Waals surface area contributed by atoms with Crippen LogP contribution in [0, 0.1) is 17.2 Å². The van der Waals surface area contributed by atoms with Crippen molar-refractivity contribution >= 4 is 6.03 Å². The molecular weight excluding hydrogens is 280 g/mol. The number of urea groups is 1. The van der Waals surface area contributed by atoms with E-state index in [-0.39, 0.29) is 18.0 Å². The molecule has 0 aromatic carbocycles. The molecule has 2 heterocycles. The van der Waals surface area contributed by atoms with E-state index in [9.17, 15) is 4.79 Å². The number of hydrogen-bond donors (Lipinski definition) is 1. The molecule has 0 unspecified atom stereocenters. The van der Waals surface area contributed by atoms with Gasteiger partial charge in [-0.3, -0.25) is 4.90 Å². The van der Waals surface area contributed by atoms with Crippen molar-refractivity contribution in [3.8, 4) is 6.07 Å². The zero-order valence-electron chi connectivity index (χ0n) is 13.3. The number of carbonyl (C=O) groups excluding carboxylic acids is 1. The SMILES string of the molecule is C[C@@H](C#N)CN(C)C(=O)NC[C@@H](c1ccco1)N1CCCC1. The van der Waals surface area contributed by atoms with Crippen LogP contribution in [0.15, 0.2) is 22.8 Å². The molecule has 2 rings (SSSR count). The van der Waals surface area contributed by atoms with Gasteiger partial charge in [0.05, 0.1) is 24.3 Å². The number of nitriles is 1. The van der Waals surface area contributed by atoms with Gasteiger partial charge in [0.1, 0.15) is 5.76 Å². The number of carbonyl (C=O) groups is 1. The molecule has 0 saturated carbocycles. The van der Waals surface area contributed by atoms with Crippen LogP contribution >= 0.6 is 0 Å². The Morgan fingerprint density at radius 2 is 2.27 bits per heavy atom. The van der Waals surface area contributed by atoms with Crippen LogP contribution in [-0.4, -0.2) is 49.1 Å². The van der Waals surface area contributed by atoms with Gasteiger partial charge in [0, 0.05) is 20.1 Å². The van der Waals surface area contributed by atoms with E-state index in [1.165, 1.54) is 12.8 Å². The number of amides is 2. The summed E-state index contributed by atoms with van der Waals surface area (Å²) in [6.45, 7) is 4.81. The maximum absolute atomic E-state index is 12.1. The minimum atomic E-state index is -0.171. The second-order valence-corrected chi connectivity index (χ2v) is 5.87. The minimum absolute atomic E-state index is 0.0724. The van der Waals surface area contributed by atoms with E-state index in [2.05, 4.69) is 16.3 Å². The number of nitrogens with one attached hydrogen (secondary N) is 1. The van der Waals surface area contributed by atoms with Crippen LogP contribution in [0.2, 0.25) is 0 Å². The van der Waals surface area contributed by atoms with Crippen LogP contribution in [-0.2, 0) is 0 Å². The third-order valence-corrected chi connectivity index (χ3v) is 4.01. The van der Waals surface area contributed by atoms with Crippen molar-refractivity contribution in [3.05, 3.63) is 24.2 Å². The topological polar surface area (TPSA) is 72.5 Å². The van der Waals surface area contributed by atoms with Crippen LogP contribution in [0.1, 0.15) is 31.6 Å². The van der Waals surface area contributed by atoms with Gasteiger partial charge in [0.25, 0.3) is 0 Å². The zero-order chi connectivity index (χ0) is 15.9. The molecule has 22 heavy (non-hydrogen) atoms. The first-order valence-corrected chi connectivity index (χ1v) is 7.78. The van der Waals surface area contributed by atoms with Crippen LogP contribution in [0.4, 0.5) is 4.79 Å². The maximum atomic E-state index is 12.1. The molecule has 2 amide bonds. The summed E-state index contributed by atoms with van der Waals surface area (Å²) in [7, 11) is 1.71. The molecule has 1 saturated heterocycles. The normalized spacial score (nSPS) is 17.7. The molecule has 6 nitrogen and oxygen atoms in total. The third kappa shape index (κ3) is 4.25. The summed E-state index contributed by atoms with van der Waals surface area (Å²) in [5.41, 5.74) is 0. The number of nitrogens with zero attached hydrogens (tertiary/aromatic N) is 3. The summed E-state index contributed by atoms with van der Waals surface area (Å²) in [4.78, 5) is 16.0. The fourth-order valence-corrected chi connectivity index (χ4v) is 2.80. The molecule has 1 aromatic heterocycles. The first-order chi connectivity index (χ1) is 10.6. The quantitative estimate of drug-likeness (QED) is 0.874. The minimum Gasteiger partial charge on any atom is -0.468 e. The Bertz CT molecular complexity index is 503. The Hall–Kier alpha value is -2.00. The van der Waals surface area contributed by atoms with Gasteiger partial charge < -0.3 is 14.6 Å². The predicted molar refractivity (Wildman–Crippen MR) is 83.1 cm³/mol. The zero-order valence-corrected chi connectivity index (χ0v) is 13.3. The monoisotopic (exact) mass is 304 g/mol. The smallest absolute Gasteiger partial charge is 0.317 e. The van der Waals surface area contributed by atoms with E-state index in [0.29, 0.717) is 13.1 Å². The Morgan fingerprint density at radius 3 is 2.86 bits per heavy atom. The first kappa shape index (κ1) is 16.4. The summed E-state index contributed by atoms with van der Waals surface area (Å²) >= 11 is 0. The number of furan rings is 1. The Kier molecular flexibility index (Phi) is 5.84. The molecule has 1 aliphatic heterocycles. The van der Waals surface area contributed by atoms with Crippen LogP contribution in [0.25, 0.3) is 0 Å². The van der Waals surface area contributed by atoms with Crippen LogP contribution in [0.3, 0.4) is 0 Å². The van der Waals surface area contributed by atoms with Crippen LogP contribution < -0.4 is 5.32 Å². The lowest BCUT2D eigenvalue weighted by atomic mass is 10.2. The standard InChI is InChI=1S/C16H24N4O2/c1-13(10-17)12-19(2)16(21)18-11-14(15-6-5-9-22-15)20-7-3-4-8-20/h5-6,9,13-14H,3-4,7-8,11-12H2,1-2H3,(H,18,21)/t13-,14-/m0/s1. The van der Waals surface area contributed by atoms with E-state index in [1.807, 2.05) is 12.1 Å². The van der Waals surface area contributed by atoms with E-state index < -0.39 is 0 Å². The highest BCUT2D eigenvalue weighted by Gasteiger charge is 2.26. The van der Waals surface area contributed by atoms with Gasteiger partial charge in [-0.15, -0.1) is 0 Å². The Balaban J connectivity index is 1.91. The van der Waals surface area contributed by atoms with E-state index in [4.69, 9.17) is 9.68 Å². The highest BCUT2D eigenvalue weighted by molar-refractivity contribution is 5.73. The second-order valence-electron chi connectivity index (χ2n) is 5.87. The first-order valence-electron chi connectivity index (χ1n) is 7.78. The molecule has 0 aliphatic carbocycles. The van der Waals surface area contributed by atoms with Crippen molar-refractivity contribution in [2.75, 3.05) is 33.2 Å². The molecule has 120 valence electrons. The van der Waals surface area contributed by atoms with Gasteiger partial charge >= 0.3 is 6.03 Å². The molecule has 1 N–H and O–H groups in total. The van der Waals surface area contributed by atoms with Gasteiger partial charge in [0.2, 0.25) is 0 Å². The average Bonchev–Trinajstić information content (AvgIpc) is 3.20. The predicted octanol–water partition coefficient (Wildman–Crippen LogP) is 2.22. The summed E-state index contributed by atoms with van der Waals surface area (Å²) in [6, 6.07) is 5.89. The molecule has 0 radical (unpaired) electrons. The summed E-state index contributed by atoms with van der Waals surface area (Å²) < 4.78 is 5.53. The van der Waals surface area contributed by atoms with Gasteiger partial charge in [-0.05, 0) is 45.0 Å². The highest BCUT2D eigenvalue weighted by atomic mass is 16.3. The van der Waals surface area contributed by atoms with Gasteiger partial charge in [-0.25, -0.2) is 4.79 Å².